The van der Waals surface area contributed by atoms with Crippen molar-refractivity contribution in [2.75, 3.05) is 0 Å². The number of ketones is 2. The zero-order chi connectivity index (χ0) is 16.9. The molecule has 24 heavy (non-hydrogen) atoms. The van der Waals surface area contributed by atoms with E-state index in [9.17, 15) is 9.59 Å². The number of hydrogen-bond acceptors (Lipinski definition) is 2. The summed E-state index contributed by atoms with van der Waals surface area (Å²) in [7, 11) is 0. The van der Waals surface area contributed by atoms with Crippen molar-refractivity contribution in [1.29, 1.82) is 0 Å². The van der Waals surface area contributed by atoms with Gasteiger partial charge in [-0.1, -0.05) is 90.5 Å². The lowest BCUT2D eigenvalue weighted by atomic mass is 9.84. The highest BCUT2D eigenvalue weighted by Crippen LogP contribution is 2.30. The molecule has 2 nitrogen and oxygen atoms in total. The van der Waals surface area contributed by atoms with Crippen LogP contribution in [0.15, 0.2) is 84.9 Å². The number of carbonyl (C=O) groups is 2. The van der Waals surface area contributed by atoms with E-state index >= 15 is 0 Å². The normalized spacial score (nSPS) is 10.6. The first-order chi connectivity index (χ1) is 11.7. The highest BCUT2D eigenvalue weighted by atomic mass is 35.5. The Morgan fingerprint density at radius 1 is 0.625 bits per heavy atom. The Morgan fingerprint density at radius 3 is 1.50 bits per heavy atom. The molecule has 0 heterocycles. The molecule has 3 rings (SSSR count). The van der Waals surface area contributed by atoms with E-state index in [1.807, 2.05) is 12.1 Å². The van der Waals surface area contributed by atoms with E-state index in [0.717, 1.165) is 0 Å². The van der Waals surface area contributed by atoms with E-state index in [2.05, 4.69) is 0 Å². The molecule has 3 aromatic rings. The number of benzene rings is 3. The van der Waals surface area contributed by atoms with Gasteiger partial charge in [-0.2, -0.15) is 0 Å². The van der Waals surface area contributed by atoms with Crippen LogP contribution in [0.25, 0.3) is 0 Å². The predicted octanol–water partition coefficient (Wildman–Crippen LogP) is 5.19. The second kappa shape index (κ2) is 7.24. The summed E-state index contributed by atoms with van der Waals surface area (Å²) < 4.78 is 0. The molecule has 0 aliphatic rings. The molecule has 0 unspecified atom stereocenters. The van der Waals surface area contributed by atoms with Gasteiger partial charge in [-0.05, 0) is 11.6 Å². The first-order valence-electron chi connectivity index (χ1n) is 7.61. The molecule has 0 aliphatic heterocycles. The molecular formula is C21H15ClO2. The van der Waals surface area contributed by atoms with Crippen molar-refractivity contribution in [3.63, 3.8) is 0 Å². The third-order valence-electron chi connectivity index (χ3n) is 3.86. The Morgan fingerprint density at radius 2 is 1.04 bits per heavy atom. The van der Waals surface area contributed by atoms with Crippen LogP contribution in [0.3, 0.4) is 0 Å². The minimum absolute atomic E-state index is 0.252. The summed E-state index contributed by atoms with van der Waals surface area (Å²) in [5, 5.41) is 0.413. The van der Waals surface area contributed by atoms with Crippen molar-refractivity contribution < 1.29 is 9.59 Å². The van der Waals surface area contributed by atoms with Crippen LogP contribution in [0.4, 0.5) is 0 Å². The van der Waals surface area contributed by atoms with Gasteiger partial charge in [0.2, 0.25) is 0 Å². The fraction of sp³-hybridized carbons (Fsp3) is 0.0476. The van der Waals surface area contributed by atoms with Gasteiger partial charge in [0.05, 0.1) is 0 Å². The summed E-state index contributed by atoms with van der Waals surface area (Å²) in [6, 6.07) is 24.6. The third-order valence-corrected chi connectivity index (χ3v) is 4.20. The fourth-order valence-corrected chi connectivity index (χ4v) is 2.89. The van der Waals surface area contributed by atoms with Gasteiger partial charge >= 0.3 is 0 Å². The Kier molecular flexibility index (Phi) is 4.88. The molecule has 0 radical (unpaired) electrons. The van der Waals surface area contributed by atoms with E-state index in [0.29, 0.717) is 21.7 Å². The van der Waals surface area contributed by atoms with Crippen molar-refractivity contribution in [3.05, 3.63) is 107 Å². The third kappa shape index (κ3) is 3.29. The molecule has 118 valence electrons. The maximum Gasteiger partial charge on any atom is 0.178 e. The van der Waals surface area contributed by atoms with Gasteiger partial charge in [0.15, 0.2) is 11.6 Å². The average molecular weight is 335 g/mol. The molecular weight excluding hydrogens is 320 g/mol. The van der Waals surface area contributed by atoms with Gasteiger partial charge in [-0.15, -0.1) is 0 Å². The van der Waals surface area contributed by atoms with Crippen molar-refractivity contribution in [2.45, 2.75) is 5.92 Å². The molecule has 0 amide bonds. The number of rotatable bonds is 5. The summed E-state index contributed by atoms with van der Waals surface area (Å²) in [5.41, 5.74) is 1.51. The SMILES string of the molecule is O=C(c1ccccc1)C(C(=O)c1ccccc1)c1ccccc1Cl. The number of carbonyl (C=O) groups excluding carboxylic acids is 2. The van der Waals surface area contributed by atoms with Crippen LogP contribution in [-0.4, -0.2) is 11.6 Å². The molecule has 3 aromatic carbocycles. The highest BCUT2D eigenvalue weighted by molar-refractivity contribution is 6.33. The average Bonchev–Trinajstić information content (AvgIpc) is 2.64. The standard InChI is InChI=1S/C21H15ClO2/c22-18-14-8-7-13-17(18)19(20(23)15-9-3-1-4-10-15)21(24)16-11-5-2-6-12-16/h1-14,19H. The number of hydrogen-bond donors (Lipinski definition) is 0. The lowest BCUT2D eigenvalue weighted by Crippen LogP contribution is -2.23. The second-order valence-corrected chi connectivity index (χ2v) is 5.82. The lowest BCUT2D eigenvalue weighted by Gasteiger charge is -2.17. The Labute approximate surface area is 145 Å². The van der Waals surface area contributed by atoms with E-state index in [1.54, 1.807) is 72.8 Å². The molecule has 0 saturated heterocycles. The minimum Gasteiger partial charge on any atom is -0.293 e. The zero-order valence-corrected chi connectivity index (χ0v) is 13.6. The van der Waals surface area contributed by atoms with Gasteiger partial charge in [0.1, 0.15) is 5.92 Å². The monoisotopic (exact) mass is 334 g/mol. The van der Waals surface area contributed by atoms with Crippen LogP contribution >= 0.6 is 11.6 Å². The van der Waals surface area contributed by atoms with Crippen LogP contribution in [0.2, 0.25) is 5.02 Å². The summed E-state index contributed by atoms with van der Waals surface area (Å²) in [4.78, 5) is 26.1. The molecule has 0 bridgehead atoms. The van der Waals surface area contributed by atoms with Gasteiger partial charge in [-0.3, -0.25) is 9.59 Å². The lowest BCUT2D eigenvalue weighted by molar-refractivity contribution is 0.0860. The molecule has 0 atom stereocenters. The molecule has 0 fully saturated rings. The first-order valence-corrected chi connectivity index (χ1v) is 7.99. The maximum absolute atomic E-state index is 13.0. The smallest absolute Gasteiger partial charge is 0.178 e. The minimum atomic E-state index is -0.955. The summed E-state index contributed by atoms with van der Waals surface area (Å²) in [6.07, 6.45) is 0. The van der Waals surface area contributed by atoms with Crippen molar-refractivity contribution in [3.8, 4) is 0 Å². The van der Waals surface area contributed by atoms with Gasteiger partial charge in [-0.25, -0.2) is 0 Å². The van der Waals surface area contributed by atoms with Crippen LogP contribution in [0.1, 0.15) is 32.2 Å². The molecule has 0 aromatic heterocycles. The van der Waals surface area contributed by atoms with E-state index in [-0.39, 0.29) is 11.6 Å². The van der Waals surface area contributed by atoms with Crippen LogP contribution in [0, 0.1) is 0 Å². The topological polar surface area (TPSA) is 34.1 Å². The van der Waals surface area contributed by atoms with Crippen LogP contribution < -0.4 is 0 Å². The number of Topliss-reactive ketones (excluding diaryl/α,β-unsaturated/α-hetero) is 2. The summed E-state index contributed by atoms with van der Waals surface area (Å²) in [6.45, 7) is 0. The molecule has 0 saturated carbocycles. The summed E-state index contributed by atoms with van der Waals surface area (Å²) >= 11 is 6.28. The predicted molar refractivity (Wildman–Crippen MR) is 95.7 cm³/mol. The quantitative estimate of drug-likeness (QED) is 0.475. The van der Waals surface area contributed by atoms with Gasteiger partial charge < -0.3 is 0 Å². The van der Waals surface area contributed by atoms with Crippen molar-refractivity contribution in [1.82, 2.24) is 0 Å². The first kappa shape index (κ1) is 16.2. The largest absolute Gasteiger partial charge is 0.293 e. The summed E-state index contributed by atoms with van der Waals surface area (Å²) in [5.74, 6) is -1.46. The highest BCUT2D eigenvalue weighted by Gasteiger charge is 2.31. The van der Waals surface area contributed by atoms with E-state index in [1.165, 1.54) is 0 Å². The van der Waals surface area contributed by atoms with E-state index < -0.39 is 5.92 Å². The number of halogens is 1. The molecule has 0 spiro atoms. The Bertz CT molecular complexity index is 806. The zero-order valence-electron chi connectivity index (χ0n) is 12.9. The van der Waals surface area contributed by atoms with Crippen molar-refractivity contribution in [2.24, 2.45) is 0 Å². The van der Waals surface area contributed by atoms with Crippen molar-refractivity contribution >= 4 is 23.2 Å². The molecule has 0 aliphatic carbocycles. The Balaban J connectivity index is 2.10. The Hall–Kier alpha value is -2.71. The van der Waals surface area contributed by atoms with Gasteiger partial charge in [0.25, 0.3) is 0 Å². The van der Waals surface area contributed by atoms with Crippen LogP contribution in [0.5, 0.6) is 0 Å². The van der Waals surface area contributed by atoms with Gasteiger partial charge in [0, 0.05) is 16.1 Å². The maximum atomic E-state index is 13.0. The molecule has 0 N–H and O–H groups in total. The van der Waals surface area contributed by atoms with Crippen LogP contribution in [-0.2, 0) is 0 Å². The molecule has 3 heteroatoms. The van der Waals surface area contributed by atoms with E-state index in [4.69, 9.17) is 11.6 Å². The second-order valence-electron chi connectivity index (χ2n) is 5.42. The fourth-order valence-electron chi connectivity index (χ4n) is 2.65.